The van der Waals surface area contributed by atoms with Gasteiger partial charge in [0.2, 0.25) is 0 Å². The average molecular weight is 124 g/mol. The highest BCUT2D eigenvalue weighted by molar-refractivity contribution is 8.00. The van der Waals surface area contributed by atoms with Crippen LogP contribution >= 0.6 is 12.6 Å². The van der Waals surface area contributed by atoms with Gasteiger partial charge in [-0.15, -0.1) is 0 Å². The number of hydrogen-bond acceptors (Lipinski definition) is 2. The second-order valence-corrected chi connectivity index (χ2v) is 3.35. The van der Waals surface area contributed by atoms with Crippen molar-refractivity contribution in [2.45, 2.75) is 6.92 Å². The lowest BCUT2D eigenvalue weighted by Gasteiger charge is -1.83. The summed E-state index contributed by atoms with van der Waals surface area (Å²) >= 11 is 3.80. The van der Waals surface area contributed by atoms with E-state index in [9.17, 15) is 4.21 Å². The van der Waals surface area contributed by atoms with Crippen molar-refractivity contribution < 1.29 is 4.21 Å². The first-order chi connectivity index (χ1) is 2.81. The highest BCUT2D eigenvalue weighted by atomic mass is 32.2. The second kappa shape index (κ2) is 3.68. The van der Waals surface area contributed by atoms with E-state index in [0.717, 1.165) is 5.75 Å². The summed E-state index contributed by atoms with van der Waals surface area (Å²) in [7, 11) is -0.670. The van der Waals surface area contributed by atoms with E-state index in [1.54, 1.807) is 0 Å². The lowest BCUT2D eigenvalue weighted by molar-refractivity contribution is 0.687. The van der Waals surface area contributed by atoms with Crippen LogP contribution in [-0.2, 0) is 10.8 Å². The fourth-order valence-corrected chi connectivity index (χ4v) is 0.822. The molecular formula is C3H8OS2. The fraction of sp³-hybridized carbons (Fsp3) is 1.00. The van der Waals surface area contributed by atoms with Gasteiger partial charge in [-0.1, -0.05) is 6.92 Å². The third-order valence-corrected chi connectivity index (χ3v) is 2.26. The van der Waals surface area contributed by atoms with Gasteiger partial charge in [0.25, 0.3) is 0 Å². The molecule has 0 bridgehead atoms. The van der Waals surface area contributed by atoms with Crippen LogP contribution in [0.15, 0.2) is 0 Å². The lowest BCUT2D eigenvalue weighted by atomic mass is 11.0. The van der Waals surface area contributed by atoms with Gasteiger partial charge in [-0.3, -0.25) is 4.21 Å². The van der Waals surface area contributed by atoms with Crippen molar-refractivity contribution in [2.24, 2.45) is 0 Å². The van der Waals surface area contributed by atoms with Crippen LogP contribution in [0.5, 0.6) is 0 Å². The van der Waals surface area contributed by atoms with Crippen LogP contribution in [0.3, 0.4) is 0 Å². The normalized spacial score (nSPS) is 14.3. The molecule has 0 N–H and O–H groups in total. The number of thiol groups is 1. The Morgan fingerprint density at radius 1 is 1.83 bits per heavy atom. The predicted molar refractivity (Wildman–Crippen MR) is 32.5 cm³/mol. The van der Waals surface area contributed by atoms with Crippen LogP contribution in [0, 0.1) is 0 Å². The molecular weight excluding hydrogens is 116 g/mol. The van der Waals surface area contributed by atoms with Crippen molar-refractivity contribution in [3.05, 3.63) is 0 Å². The Morgan fingerprint density at radius 3 is 2.33 bits per heavy atom. The van der Waals surface area contributed by atoms with Gasteiger partial charge in [0.05, 0.1) is 5.08 Å². The van der Waals surface area contributed by atoms with Gasteiger partial charge in [0.15, 0.2) is 0 Å². The van der Waals surface area contributed by atoms with Crippen LogP contribution < -0.4 is 0 Å². The van der Waals surface area contributed by atoms with Gasteiger partial charge in [-0.2, -0.15) is 12.6 Å². The molecule has 0 aromatic rings. The zero-order valence-corrected chi connectivity index (χ0v) is 5.39. The summed E-state index contributed by atoms with van der Waals surface area (Å²) in [5, 5.41) is 0.497. The molecule has 6 heavy (non-hydrogen) atoms. The summed E-state index contributed by atoms with van der Waals surface area (Å²) in [6.07, 6.45) is 0. The average Bonchev–Trinajstić information content (AvgIpc) is 1.65. The first-order valence-corrected chi connectivity index (χ1v) is 3.89. The quantitative estimate of drug-likeness (QED) is 0.535. The minimum Gasteiger partial charge on any atom is -0.259 e. The highest BCUT2D eigenvalue weighted by Gasteiger charge is 1.84. The van der Waals surface area contributed by atoms with Crippen molar-refractivity contribution >= 4 is 23.4 Å². The molecule has 0 aliphatic carbocycles. The van der Waals surface area contributed by atoms with Gasteiger partial charge < -0.3 is 0 Å². The molecule has 1 unspecified atom stereocenters. The van der Waals surface area contributed by atoms with Gasteiger partial charge in [-0.25, -0.2) is 0 Å². The van der Waals surface area contributed by atoms with E-state index >= 15 is 0 Å². The molecule has 0 saturated carbocycles. The van der Waals surface area contributed by atoms with Crippen molar-refractivity contribution in [1.82, 2.24) is 0 Å². The molecule has 1 nitrogen and oxygen atoms in total. The molecule has 0 fully saturated rings. The molecule has 3 heteroatoms. The van der Waals surface area contributed by atoms with E-state index in [-0.39, 0.29) is 0 Å². The predicted octanol–water partition coefficient (Wildman–Crippen LogP) is 0.642. The maximum atomic E-state index is 10.2. The molecule has 0 spiro atoms. The van der Waals surface area contributed by atoms with E-state index in [1.165, 1.54) is 0 Å². The smallest absolute Gasteiger partial charge is 0.0662 e. The standard InChI is InChI=1S/C3H8OS2/c1-2-6(4)3-5/h5H,2-3H2,1H3. The molecule has 0 rings (SSSR count). The molecule has 0 saturated heterocycles. The fourth-order valence-electron chi connectivity index (χ4n) is 0.0913. The topological polar surface area (TPSA) is 17.1 Å². The Morgan fingerprint density at radius 2 is 2.33 bits per heavy atom. The van der Waals surface area contributed by atoms with E-state index < -0.39 is 10.8 Å². The monoisotopic (exact) mass is 124 g/mol. The van der Waals surface area contributed by atoms with E-state index in [0.29, 0.717) is 5.08 Å². The van der Waals surface area contributed by atoms with E-state index in [4.69, 9.17) is 0 Å². The maximum absolute atomic E-state index is 10.2. The zero-order chi connectivity index (χ0) is 4.99. The van der Waals surface area contributed by atoms with Crippen molar-refractivity contribution in [3.8, 4) is 0 Å². The molecule has 0 aromatic heterocycles. The second-order valence-electron chi connectivity index (χ2n) is 0.858. The van der Waals surface area contributed by atoms with Crippen LogP contribution in [0.4, 0.5) is 0 Å². The minimum absolute atomic E-state index is 0.497. The zero-order valence-electron chi connectivity index (χ0n) is 3.68. The lowest BCUT2D eigenvalue weighted by Crippen LogP contribution is -1.91. The van der Waals surface area contributed by atoms with Crippen molar-refractivity contribution in [2.75, 3.05) is 10.8 Å². The molecule has 38 valence electrons. The summed E-state index contributed by atoms with van der Waals surface area (Å²) in [6.45, 7) is 1.88. The van der Waals surface area contributed by atoms with Crippen LogP contribution in [-0.4, -0.2) is 15.0 Å². The summed E-state index contributed by atoms with van der Waals surface area (Å²) in [4.78, 5) is 0. The molecule has 0 aromatic carbocycles. The third kappa shape index (κ3) is 2.72. The molecule has 0 aliphatic rings. The van der Waals surface area contributed by atoms with Crippen LogP contribution in [0.25, 0.3) is 0 Å². The summed E-state index contributed by atoms with van der Waals surface area (Å²) in [5.74, 6) is 0.726. The minimum atomic E-state index is -0.670. The van der Waals surface area contributed by atoms with E-state index in [2.05, 4.69) is 12.6 Å². The Hall–Kier alpha value is 0.500. The van der Waals surface area contributed by atoms with Gasteiger partial charge in [0.1, 0.15) is 0 Å². The van der Waals surface area contributed by atoms with Crippen molar-refractivity contribution in [1.29, 1.82) is 0 Å². The van der Waals surface area contributed by atoms with E-state index in [1.807, 2.05) is 6.92 Å². The SMILES string of the molecule is CCS(=O)CS. The maximum Gasteiger partial charge on any atom is 0.0662 e. The third-order valence-electron chi connectivity index (χ3n) is 0.466. The molecule has 0 aliphatic heterocycles. The first-order valence-electron chi connectivity index (χ1n) is 1.77. The Balaban J connectivity index is 2.99. The summed E-state index contributed by atoms with van der Waals surface area (Å²) in [5.41, 5.74) is 0. The van der Waals surface area contributed by atoms with Crippen LogP contribution in [0.1, 0.15) is 6.92 Å². The highest BCUT2D eigenvalue weighted by Crippen LogP contribution is 1.81. The Bertz CT molecular complexity index is 46.8. The first kappa shape index (κ1) is 6.50. The van der Waals surface area contributed by atoms with Crippen molar-refractivity contribution in [3.63, 3.8) is 0 Å². The van der Waals surface area contributed by atoms with Gasteiger partial charge in [-0.05, 0) is 0 Å². The Labute approximate surface area is 46.0 Å². The molecule has 1 atom stereocenters. The van der Waals surface area contributed by atoms with Gasteiger partial charge >= 0.3 is 0 Å². The summed E-state index contributed by atoms with van der Waals surface area (Å²) in [6, 6.07) is 0. The van der Waals surface area contributed by atoms with Gasteiger partial charge in [0, 0.05) is 16.6 Å². The van der Waals surface area contributed by atoms with Crippen LogP contribution in [0.2, 0.25) is 0 Å². The number of hydrogen-bond donors (Lipinski definition) is 1. The number of rotatable bonds is 2. The Kier molecular flexibility index (Phi) is 3.99. The largest absolute Gasteiger partial charge is 0.259 e. The molecule has 0 radical (unpaired) electrons. The summed E-state index contributed by atoms with van der Waals surface area (Å²) < 4.78 is 10.2. The molecule has 0 heterocycles. The molecule has 0 amide bonds.